The number of carbonyl (C=O) groups excluding carboxylic acids is 3. The SMILES string of the molecule is COc1ccc(NC(=O)COc2ccc(/C=N/NC(=O)CC(=O)NC3CCCCC3)cc2)cc1. The van der Waals surface area contributed by atoms with E-state index < -0.39 is 5.91 Å². The van der Waals surface area contributed by atoms with Gasteiger partial charge >= 0.3 is 0 Å². The highest BCUT2D eigenvalue weighted by molar-refractivity contribution is 5.97. The molecule has 2 aromatic rings. The van der Waals surface area contributed by atoms with Crippen molar-refractivity contribution in [2.75, 3.05) is 19.0 Å². The van der Waals surface area contributed by atoms with Crippen LogP contribution in [0.3, 0.4) is 0 Å². The highest BCUT2D eigenvalue weighted by Gasteiger charge is 2.17. The molecule has 1 aliphatic rings. The van der Waals surface area contributed by atoms with Crippen molar-refractivity contribution in [3.8, 4) is 11.5 Å². The van der Waals surface area contributed by atoms with Crippen LogP contribution in [-0.4, -0.2) is 43.7 Å². The molecule has 1 fully saturated rings. The Morgan fingerprint density at radius 2 is 1.59 bits per heavy atom. The van der Waals surface area contributed by atoms with Crippen LogP contribution in [0.2, 0.25) is 0 Å². The molecular weight excluding hydrogens is 436 g/mol. The van der Waals surface area contributed by atoms with Gasteiger partial charge in [-0.05, 0) is 66.9 Å². The first-order valence-corrected chi connectivity index (χ1v) is 11.3. The second-order valence-corrected chi connectivity index (χ2v) is 8.01. The van der Waals surface area contributed by atoms with Crippen LogP contribution in [0, 0.1) is 0 Å². The fourth-order valence-electron chi connectivity index (χ4n) is 3.56. The number of nitrogens with zero attached hydrogens (tertiary/aromatic N) is 1. The molecule has 0 saturated heterocycles. The molecule has 0 unspecified atom stereocenters. The second kappa shape index (κ2) is 13.0. The second-order valence-electron chi connectivity index (χ2n) is 8.01. The predicted octanol–water partition coefficient (Wildman–Crippen LogP) is 3.00. The van der Waals surface area contributed by atoms with Crippen molar-refractivity contribution in [3.63, 3.8) is 0 Å². The lowest BCUT2D eigenvalue weighted by Gasteiger charge is -2.22. The number of ether oxygens (including phenoxy) is 2. The van der Waals surface area contributed by atoms with Gasteiger partial charge in [0.05, 0.1) is 13.3 Å². The van der Waals surface area contributed by atoms with E-state index in [-0.39, 0.29) is 30.9 Å². The lowest BCUT2D eigenvalue weighted by molar-refractivity contribution is -0.129. The topological polar surface area (TPSA) is 118 Å². The normalized spacial score (nSPS) is 13.8. The average Bonchev–Trinajstić information content (AvgIpc) is 2.84. The van der Waals surface area contributed by atoms with Crippen LogP contribution < -0.4 is 25.5 Å². The molecule has 1 aliphatic carbocycles. The maximum Gasteiger partial charge on any atom is 0.262 e. The fraction of sp³-hybridized carbons (Fsp3) is 0.360. The van der Waals surface area contributed by atoms with E-state index in [0.717, 1.165) is 31.2 Å². The summed E-state index contributed by atoms with van der Waals surface area (Å²) in [7, 11) is 1.58. The van der Waals surface area contributed by atoms with Gasteiger partial charge in [0.1, 0.15) is 17.9 Å². The minimum absolute atomic E-state index is 0.140. The molecule has 0 aliphatic heterocycles. The zero-order valence-corrected chi connectivity index (χ0v) is 19.2. The summed E-state index contributed by atoms with van der Waals surface area (Å²) >= 11 is 0. The lowest BCUT2D eigenvalue weighted by atomic mass is 9.95. The van der Waals surface area contributed by atoms with Crippen LogP contribution >= 0.6 is 0 Å². The number of carbonyl (C=O) groups is 3. The van der Waals surface area contributed by atoms with Gasteiger partial charge in [0.2, 0.25) is 11.8 Å². The van der Waals surface area contributed by atoms with Gasteiger partial charge in [-0.15, -0.1) is 0 Å². The molecule has 2 aromatic carbocycles. The van der Waals surface area contributed by atoms with Crippen LogP contribution in [0.5, 0.6) is 11.5 Å². The number of benzene rings is 2. The lowest BCUT2D eigenvalue weighted by Crippen LogP contribution is -2.38. The van der Waals surface area contributed by atoms with Gasteiger partial charge < -0.3 is 20.1 Å². The Morgan fingerprint density at radius 3 is 2.26 bits per heavy atom. The van der Waals surface area contributed by atoms with E-state index in [1.165, 1.54) is 12.6 Å². The highest BCUT2D eigenvalue weighted by atomic mass is 16.5. The van der Waals surface area contributed by atoms with Gasteiger partial charge in [0, 0.05) is 11.7 Å². The number of rotatable bonds is 10. The molecular formula is C25H30N4O5. The smallest absolute Gasteiger partial charge is 0.262 e. The Balaban J connectivity index is 1.35. The van der Waals surface area contributed by atoms with Gasteiger partial charge in [-0.25, -0.2) is 5.43 Å². The number of anilines is 1. The van der Waals surface area contributed by atoms with E-state index in [9.17, 15) is 14.4 Å². The summed E-state index contributed by atoms with van der Waals surface area (Å²) < 4.78 is 10.6. The summed E-state index contributed by atoms with van der Waals surface area (Å²) in [4.78, 5) is 35.9. The van der Waals surface area contributed by atoms with Crippen LogP contribution in [0.25, 0.3) is 0 Å². The summed E-state index contributed by atoms with van der Waals surface area (Å²) in [6.07, 6.45) is 6.59. The van der Waals surface area contributed by atoms with E-state index in [2.05, 4.69) is 21.2 Å². The van der Waals surface area contributed by atoms with Crippen LogP contribution in [0.1, 0.15) is 44.1 Å². The molecule has 0 spiro atoms. The van der Waals surface area contributed by atoms with E-state index in [1.54, 1.807) is 55.6 Å². The van der Waals surface area contributed by atoms with E-state index >= 15 is 0 Å². The van der Waals surface area contributed by atoms with Gasteiger partial charge in [-0.1, -0.05) is 19.3 Å². The highest BCUT2D eigenvalue weighted by Crippen LogP contribution is 2.17. The third-order valence-electron chi connectivity index (χ3n) is 5.32. The molecule has 0 aromatic heterocycles. The average molecular weight is 467 g/mol. The molecule has 3 rings (SSSR count). The largest absolute Gasteiger partial charge is 0.497 e. The van der Waals surface area contributed by atoms with E-state index in [4.69, 9.17) is 9.47 Å². The third-order valence-corrected chi connectivity index (χ3v) is 5.32. The first-order valence-electron chi connectivity index (χ1n) is 11.3. The third kappa shape index (κ3) is 8.57. The molecule has 0 bridgehead atoms. The minimum Gasteiger partial charge on any atom is -0.497 e. The quantitative estimate of drug-likeness (QED) is 0.283. The zero-order chi connectivity index (χ0) is 24.2. The van der Waals surface area contributed by atoms with Crippen LogP contribution in [0.4, 0.5) is 5.69 Å². The Kier molecular flexibility index (Phi) is 9.45. The van der Waals surface area contributed by atoms with Crippen molar-refractivity contribution in [2.24, 2.45) is 5.10 Å². The van der Waals surface area contributed by atoms with Crippen molar-refractivity contribution in [2.45, 2.75) is 44.6 Å². The van der Waals surface area contributed by atoms with Crippen molar-refractivity contribution in [3.05, 3.63) is 54.1 Å². The number of methoxy groups -OCH3 is 1. The minimum atomic E-state index is -0.465. The summed E-state index contributed by atoms with van der Waals surface area (Å²) in [5.74, 6) is 0.193. The maximum atomic E-state index is 12.0. The molecule has 9 nitrogen and oxygen atoms in total. The molecule has 34 heavy (non-hydrogen) atoms. The predicted molar refractivity (Wildman–Crippen MR) is 129 cm³/mol. The Bertz CT molecular complexity index is 983. The molecule has 0 atom stereocenters. The van der Waals surface area contributed by atoms with E-state index in [1.807, 2.05) is 0 Å². The molecule has 3 amide bonds. The Labute approximate surface area is 198 Å². The number of hydrazone groups is 1. The summed E-state index contributed by atoms with van der Waals surface area (Å²) in [6, 6.07) is 14.0. The van der Waals surface area contributed by atoms with Gasteiger partial charge in [0.15, 0.2) is 6.61 Å². The van der Waals surface area contributed by atoms with Crippen LogP contribution in [0.15, 0.2) is 53.6 Å². The zero-order valence-electron chi connectivity index (χ0n) is 19.2. The molecule has 9 heteroatoms. The molecule has 0 radical (unpaired) electrons. The first kappa shape index (κ1) is 24.8. The molecule has 3 N–H and O–H groups in total. The fourth-order valence-corrected chi connectivity index (χ4v) is 3.56. The monoisotopic (exact) mass is 466 g/mol. The first-order chi connectivity index (χ1) is 16.5. The summed E-state index contributed by atoms with van der Waals surface area (Å²) in [5.41, 5.74) is 3.73. The van der Waals surface area contributed by atoms with Gasteiger partial charge in [-0.3, -0.25) is 14.4 Å². The van der Waals surface area contributed by atoms with Gasteiger partial charge in [0.25, 0.3) is 5.91 Å². The molecule has 0 heterocycles. The Morgan fingerprint density at radius 1 is 0.912 bits per heavy atom. The molecule has 180 valence electrons. The number of hydrogen-bond acceptors (Lipinski definition) is 6. The summed E-state index contributed by atoms with van der Waals surface area (Å²) in [6.45, 7) is -0.140. The summed E-state index contributed by atoms with van der Waals surface area (Å²) in [5, 5.41) is 9.53. The van der Waals surface area contributed by atoms with Crippen molar-refractivity contribution >= 4 is 29.6 Å². The van der Waals surface area contributed by atoms with Crippen LogP contribution in [-0.2, 0) is 14.4 Å². The maximum absolute atomic E-state index is 12.0. The van der Waals surface area contributed by atoms with Gasteiger partial charge in [-0.2, -0.15) is 5.10 Å². The molecule has 1 saturated carbocycles. The van der Waals surface area contributed by atoms with E-state index in [0.29, 0.717) is 17.2 Å². The van der Waals surface area contributed by atoms with Crippen molar-refractivity contribution in [1.29, 1.82) is 0 Å². The van der Waals surface area contributed by atoms with Crippen molar-refractivity contribution in [1.82, 2.24) is 10.7 Å². The number of hydrogen-bond donors (Lipinski definition) is 3. The number of nitrogens with one attached hydrogen (secondary N) is 3. The van der Waals surface area contributed by atoms with Crippen molar-refractivity contribution < 1.29 is 23.9 Å². The standard InChI is InChI=1S/C25H30N4O5/c1-33-21-13-9-20(10-14-21)28-25(32)17-34-22-11-7-18(8-12-22)16-26-29-24(31)15-23(30)27-19-5-3-2-4-6-19/h7-14,16,19H,2-6,15,17H2,1H3,(H,27,30)(H,28,32)(H,29,31)/b26-16+. The number of amides is 3. The Hall–Kier alpha value is -3.88.